The average Bonchev–Trinajstić information content (AvgIpc) is 3.26. The molecule has 1 fully saturated rings. The molecule has 2 unspecified atom stereocenters. The van der Waals surface area contributed by atoms with E-state index in [9.17, 15) is 30.0 Å². The van der Waals surface area contributed by atoms with Crippen LogP contribution in [0.1, 0.15) is 155 Å². The number of carbonyl (C=O) groups excluding carboxylic acids is 2. The van der Waals surface area contributed by atoms with Crippen LogP contribution in [0.5, 0.6) is 0 Å². The Hall–Kier alpha value is -3.38. The number of carbonyl (C=O) groups is 2. The Labute approximate surface area is 368 Å². The summed E-state index contributed by atoms with van der Waals surface area (Å²) >= 11 is 0. The molecule has 10 heteroatoms. The van der Waals surface area contributed by atoms with Gasteiger partial charge >= 0.3 is 11.9 Å². The number of aliphatic hydroxyl groups excluding tert-OH is 4. The van der Waals surface area contributed by atoms with Gasteiger partial charge in [-0.05, 0) is 77.0 Å². The summed E-state index contributed by atoms with van der Waals surface area (Å²) in [6, 6.07) is 0. The molecular formula is C51H82O10. The fourth-order valence-electron chi connectivity index (χ4n) is 6.31. The van der Waals surface area contributed by atoms with Gasteiger partial charge in [-0.25, -0.2) is 0 Å². The van der Waals surface area contributed by atoms with Gasteiger partial charge in [-0.15, -0.1) is 0 Å². The first-order valence-corrected chi connectivity index (χ1v) is 23.3. The summed E-state index contributed by atoms with van der Waals surface area (Å²) in [5.41, 5.74) is 0. The predicted molar refractivity (Wildman–Crippen MR) is 247 cm³/mol. The van der Waals surface area contributed by atoms with Crippen LogP contribution in [0.4, 0.5) is 0 Å². The molecule has 1 aliphatic heterocycles. The Morgan fingerprint density at radius 1 is 0.525 bits per heavy atom. The topological polar surface area (TPSA) is 152 Å². The third-order valence-corrected chi connectivity index (χ3v) is 9.97. The molecule has 0 aromatic heterocycles. The van der Waals surface area contributed by atoms with E-state index in [2.05, 4.69) is 98.9 Å². The van der Waals surface area contributed by atoms with Crippen molar-refractivity contribution >= 4 is 11.9 Å². The van der Waals surface area contributed by atoms with E-state index in [0.717, 1.165) is 51.4 Å². The van der Waals surface area contributed by atoms with E-state index in [1.807, 2.05) is 12.2 Å². The second-order valence-corrected chi connectivity index (χ2v) is 15.5. The van der Waals surface area contributed by atoms with E-state index in [0.29, 0.717) is 19.3 Å². The molecule has 0 aromatic rings. The molecule has 61 heavy (non-hydrogen) atoms. The highest BCUT2D eigenvalue weighted by Gasteiger charge is 2.44. The molecule has 0 saturated carbocycles. The van der Waals surface area contributed by atoms with Crippen LogP contribution in [-0.4, -0.2) is 89.0 Å². The van der Waals surface area contributed by atoms with Crippen LogP contribution in [-0.2, 0) is 28.5 Å². The summed E-state index contributed by atoms with van der Waals surface area (Å²) in [4.78, 5) is 25.3. The van der Waals surface area contributed by atoms with Crippen LogP contribution < -0.4 is 0 Å². The molecule has 0 amide bonds. The van der Waals surface area contributed by atoms with E-state index >= 15 is 0 Å². The Bertz CT molecular complexity index is 1310. The highest BCUT2D eigenvalue weighted by Crippen LogP contribution is 2.22. The van der Waals surface area contributed by atoms with Gasteiger partial charge in [0.2, 0.25) is 0 Å². The fraction of sp³-hybridized carbons (Fsp3) is 0.647. The number of hydrogen-bond acceptors (Lipinski definition) is 10. The summed E-state index contributed by atoms with van der Waals surface area (Å²) < 4.78 is 22.0. The lowest BCUT2D eigenvalue weighted by Gasteiger charge is -2.39. The summed E-state index contributed by atoms with van der Waals surface area (Å²) in [6.07, 6.45) is 47.2. The molecule has 1 aliphatic rings. The van der Waals surface area contributed by atoms with Crippen LogP contribution in [0.25, 0.3) is 0 Å². The van der Waals surface area contributed by atoms with Crippen molar-refractivity contribution in [3.63, 3.8) is 0 Å². The predicted octanol–water partition coefficient (Wildman–Crippen LogP) is 10.3. The lowest BCUT2D eigenvalue weighted by atomic mass is 9.99. The van der Waals surface area contributed by atoms with E-state index in [1.54, 1.807) is 0 Å². The number of aliphatic hydroxyl groups is 4. The smallest absolute Gasteiger partial charge is 0.306 e. The standard InChI is InChI=1S/C51H82O10/c1-3-5-7-9-11-13-15-17-19-21-22-24-25-27-29-31-33-35-37-39-46(53)58-42-44(43-59-51-50(57)49(56)48(55)45(41-52)61-51)60-47(54)40-38-36-34-32-30-28-26-23-20-18-16-14-12-10-8-6-4-2/h5,7,11,13,17,19,22,24,26-29,32-35,44-45,48-52,55-57H,3-4,6,8-10,12,14-16,18,20-21,23,25,30-31,36-43H2,1-2H3/b7-5+,13-11+,19-17+,24-22+,28-26+,29-27+,34-32+,35-33+/t44-,45-,48+,49?,50?,51-/m0/s1. The Kier molecular flexibility index (Phi) is 37.1. The highest BCUT2D eigenvalue weighted by atomic mass is 16.7. The van der Waals surface area contributed by atoms with E-state index in [1.165, 1.54) is 57.8 Å². The molecule has 0 aromatic carbocycles. The van der Waals surface area contributed by atoms with Crippen LogP contribution in [0.2, 0.25) is 0 Å². The first-order valence-electron chi connectivity index (χ1n) is 23.3. The third kappa shape index (κ3) is 32.0. The minimum absolute atomic E-state index is 0.136. The number of unbranched alkanes of at least 4 members (excludes halogenated alkanes) is 10. The summed E-state index contributed by atoms with van der Waals surface area (Å²) in [5, 5.41) is 40.1. The van der Waals surface area contributed by atoms with Crippen molar-refractivity contribution in [2.75, 3.05) is 19.8 Å². The largest absolute Gasteiger partial charge is 0.462 e. The van der Waals surface area contributed by atoms with Crippen LogP contribution >= 0.6 is 0 Å². The minimum Gasteiger partial charge on any atom is -0.462 e. The van der Waals surface area contributed by atoms with Crippen molar-refractivity contribution in [1.82, 2.24) is 0 Å². The monoisotopic (exact) mass is 855 g/mol. The fourth-order valence-corrected chi connectivity index (χ4v) is 6.31. The maximum atomic E-state index is 12.8. The van der Waals surface area contributed by atoms with E-state index in [-0.39, 0.29) is 26.1 Å². The third-order valence-electron chi connectivity index (χ3n) is 9.97. The van der Waals surface area contributed by atoms with Gasteiger partial charge in [0.15, 0.2) is 12.4 Å². The normalized spacial score (nSPS) is 20.7. The molecule has 1 saturated heterocycles. The number of rotatable bonds is 37. The lowest BCUT2D eigenvalue weighted by Crippen LogP contribution is -2.59. The van der Waals surface area contributed by atoms with Crippen molar-refractivity contribution in [3.05, 3.63) is 97.2 Å². The van der Waals surface area contributed by atoms with Gasteiger partial charge < -0.3 is 39.4 Å². The summed E-state index contributed by atoms with van der Waals surface area (Å²) in [6.45, 7) is 3.18. The molecule has 10 nitrogen and oxygen atoms in total. The SMILES string of the molecule is CC/C=C/C/C=C/C/C=C/C/C=C/C/C=C/C/C=C/CCC(=O)OC[C@@H](CO[C@H]1O[C@@H](CO)[C@@H](O)C(O)C1O)OC(=O)CCC/C=C/C/C=C/CCCCCCCCCCC. The van der Waals surface area contributed by atoms with Crippen molar-refractivity contribution in [1.29, 1.82) is 0 Å². The van der Waals surface area contributed by atoms with Crippen molar-refractivity contribution < 1.29 is 49.0 Å². The molecule has 0 spiro atoms. The lowest BCUT2D eigenvalue weighted by molar-refractivity contribution is -0.305. The van der Waals surface area contributed by atoms with Gasteiger partial charge in [-0.2, -0.15) is 0 Å². The zero-order chi connectivity index (χ0) is 44.4. The van der Waals surface area contributed by atoms with Gasteiger partial charge in [0.1, 0.15) is 31.0 Å². The quantitative estimate of drug-likeness (QED) is 0.0270. The Morgan fingerprint density at radius 2 is 1.00 bits per heavy atom. The summed E-state index contributed by atoms with van der Waals surface area (Å²) in [7, 11) is 0. The molecule has 0 radical (unpaired) electrons. The maximum absolute atomic E-state index is 12.8. The summed E-state index contributed by atoms with van der Waals surface area (Å²) in [5.74, 6) is -0.966. The van der Waals surface area contributed by atoms with E-state index in [4.69, 9.17) is 18.9 Å². The van der Waals surface area contributed by atoms with Crippen LogP contribution in [0.3, 0.4) is 0 Å². The van der Waals surface area contributed by atoms with Crippen molar-refractivity contribution in [2.45, 2.75) is 192 Å². The number of esters is 2. The van der Waals surface area contributed by atoms with Gasteiger partial charge in [-0.3, -0.25) is 9.59 Å². The number of ether oxygens (including phenoxy) is 4. The molecule has 346 valence electrons. The number of hydrogen-bond donors (Lipinski definition) is 4. The first-order chi connectivity index (χ1) is 29.8. The van der Waals surface area contributed by atoms with Crippen molar-refractivity contribution in [3.8, 4) is 0 Å². The molecule has 1 heterocycles. The Balaban J connectivity index is 2.41. The zero-order valence-corrected chi connectivity index (χ0v) is 37.6. The van der Waals surface area contributed by atoms with Gasteiger partial charge in [0, 0.05) is 12.8 Å². The molecule has 4 N–H and O–H groups in total. The van der Waals surface area contributed by atoms with Crippen molar-refractivity contribution in [2.24, 2.45) is 0 Å². The maximum Gasteiger partial charge on any atom is 0.306 e. The second kappa shape index (κ2) is 40.7. The molecular weight excluding hydrogens is 773 g/mol. The van der Waals surface area contributed by atoms with Gasteiger partial charge in [0.25, 0.3) is 0 Å². The van der Waals surface area contributed by atoms with E-state index < -0.39 is 55.4 Å². The minimum atomic E-state index is -1.62. The highest BCUT2D eigenvalue weighted by molar-refractivity contribution is 5.70. The average molecular weight is 855 g/mol. The number of allylic oxidation sites excluding steroid dienone is 16. The molecule has 0 bridgehead atoms. The van der Waals surface area contributed by atoms with Gasteiger partial charge in [-0.1, -0.05) is 162 Å². The first kappa shape index (κ1) is 55.6. The molecule has 1 rings (SSSR count). The molecule has 0 aliphatic carbocycles. The van der Waals surface area contributed by atoms with Crippen LogP contribution in [0.15, 0.2) is 97.2 Å². The van der Waals surface area contributed by atoms with Crippen LogP contribution in [0, 0.1) is 0 Å². The Morgan fingerprint density at radius 3 is 1.52 bits per heavy atom. The molecule has 6 atom stereocenters. The second-order valence-electron chi connectivity index (χ2n) is 15.5. The van der Waals surface area contributed by atoms with Gasteiger partial charge in [0.05, 0.1) is 13.2 Å². The zero-order valence-electron chi connectivity index (χ0n) is 37.6.